The van der Waals surface area contributed by atoms with Crippen LogP contribution in [-0.4, -0.2) is 15.1 Å². The number of rotatable bonds is 1. The number of aromatic nitrogens is 2. The van der Waals surface area contributed by atoms with E-state index in [9.17, 15) is 5.11 Å². The van der Waals surface area contributed by atoms with Gasteiger partial charge in [0, 0.05) is 28.9 Å². The van der Waals surface area contributed by atoms with Gasteiger partial charge in [-0.1, -0.05) is 11.6 Å². The van der Waals surface area contributed by atoms with Crippen LogP contribution in [0.2, 0.25) is 5.02 Å². The van der Waals surface area contributed by atoms with E-state index in [1.54, 1.807) is 6.20 Å². The second kappa shape index (κ2) is 3.79. The van der Waals surface area contributed by atoms with Gasteiger partial charge in [-0.2, -0.15) is 0 Å². The van der Waals surface area contributed by atoms with E-state index in [4.69, 9.17) is 11.6 Å². The number of halogens is 1. The highest BCUT2D eigenvalue weighted by atomic mass is 35.5. The minimum atomic E-state index is 0.108. The molecule has 0 bridgehead atoms. The highest BCUT2D eigenvalue weighted by Crippen LogP contribution is 2.34. The first kappa shape index (κ1) is 10.2. The molecular weight excluding hydrogens is 236 g/mol. The Labute approximate surface area is 103 Å². The van der Waals surface area contributed by atoms with E-state index in [0.717, 1.165) is 22.2 Å². The highest BCUT2D eigenvalue weighted by Gasteiger charge is 2.10. The molecule has 0 saturated carbocycles. The van der Waals surface area contributed by atoms with Gasteiger partial charge in [-0.15, -0.1) is 0 Å². The zero-order valence-electron chi connectivity index (χ0n) is 8.74. The standard InChI is InChI=1S/C13H8ClN2O/c14-12-6-8(17)3-4-9(12)11-7-16-13-10(11)2-1-5-15-13/h1-3,5-7,17H,(H,15,16). The smallest absolute Gasteiger partial charge is 0.137 e. The SMILES string of the molecule is Oc1c[c]c(-c2c[nH]c3ncccc23)c(Cl)c1. The molecule has 0 atom stereocenters. The summed E-state index contributed by atoms with van der Waals surface area (Å²) in [6.07, 6.45) is 3.57. The summed E-state index contributed by atoms with van der Waals surface area (Å²) in [5.74, 6) is 0.108. The third-order valence-electron chi connectivity index (χ3n) is 2.60. The Morgan fingerprint density at radius 1 is 1.41 bits per heavy atom. The molecule has 3 rings (SSSR count). The molecule has 83 valence electrons. The molecule has 0 aliphatic heterocycles. The molecule has 0 amide bonds. The largest absolute Gasteiger partial charge is 0.508 e. The maximum absolute atomic E-state index is 9.31. The number of hydrogen-bond donors (Lipinski definition) is 2. The number of phenolic OH excluding ortho intramolecular Hbond substituents is 1. The van der Waals surface area contributed by atoms with E-state index in [0.29, 0.717) is 5.02 Å². The van der Waals surface area contributed by atoms with Crippen molar-refractivity contribution in [3.05, 3.63) is 47.7 Å². The van der Waals surface area contributed by atoms with E-state index in [2.05, 4.69) is 16.0 Å². The third-order valence-corrected chi connectivity index (χ3v) is 2.90. The fraction of sp³-hybridized carbons (Fsp3) is 0. The molecule has 0 aliphatic carbocycles. The number of H-pyrrole nitrogens is 1. The van der Waals surface area contributed by atoms with Crippen LogP contribution in [0, 0.1) is 6.07 Å². The van der Waals surface area contributed by atoms with Gasteiger partial charge in [0.2, 0.25) is 0 Å². The Morgan fingerprint density at radius 2 is 2.29 bits per heavy atom. The fourth-order valence-corrected chi connectivity index (χ4v) is 2.10. The molecule has 3 nitrogen and oxygen atoms in total. The molecule has 3 aromatic rings. The molecule has 2 aromatic heterocycles. The maximum atomic E-state index is 9.31. The van der Waals surface area contributed by atoms with Crippen LogP contribution in [0.4, 0.5) is 0 Å². The van der Waals surface area contributed by atoms with Crippen LogP contribution >= 0.6 is 11.6 Å². The average Bonchev–Trinajstić information content (AvgIpc) is 2.73. The van der Waals surface area contributed by atoms with Crippen molar-refractivity contribution in [3.8, 4) is 16.9 Å². The Kier molecular flexibility index (Phi) is 2.27. The monoisotopic (exact) mass is 243 g/mol. The summed E-state index contributed by atoms with van der Waals surface area (Å²) in [5, 5.41) is 10.8. The predicted octanol–water partition coefficient (Wildman–Crippen LogP) is 3.39. The Bertz CT molecular complexity index is 691. The summed E-state index contributed by atoms with van der Waals surface area (Å²) in [5.41, 5.74) is 2.49. The average molecular weight is 244 g/mol. The lowest BCUT2D eigenvalue weighted by Crippen LogP contribution is -1.79. The van der Waals surface area contributed by atoms with Crippen molar-refractivity contribution in [2.24, 2.45) is 0 Å². The van der Waals surface area contributed by atoms with E-state index in [-0.39, 0.29) is 5.75 Å². The molecule has 4 heteroatoms. The van der Waals surface area contributed by atoms with Gasteiger partial charge in [0.15, 0.2) is 0 Å². The zero-order valence-corrected chi connectivity index (χ0v) is 9.49. The first-order valence-electron chi connectivity index (χ1n) is 5.08. The molecule has 2 heterocycles. The van der Waals surface area contributed by atoms with Gasteiger partial charge < -0.3 is 10.1 Å². The van der Waals surface area contributed by atoms with Crippen LogP contribution in [0.1, 0.15) is 0 Å². The maximum Gasteiger partial charge on any atom is 0.137 e. The molecule has 0 fully saturated rings. The van der Waals surface area contributed by atoms with Gasteiger partial charge in [-0.05, 0) is 30.3 Å². The number of nitrogens with one attached hydrogen (secondary N) is 1. The molecule has 0 saturated heterocycles. The Hall–Kier alpha value is -2.00. The second-order valence-electron chi connectivity index (χ2n) is 3.68. The number of nitrogens with zero attached hydrogens (tertiary/aromatic N) is 1. The van der Waals surface area contributed by atoms with Crippen LogP contribution in [0.15, 0.2) is 36.7 Å². The van der Waals surface area contributed by atoms with Crippen molar-refractivity contribution in [1.82, 2.24) is 9.97 Å². The second-order valence-corrected chi connectivity index (χ2v) is 4.09. The minimum Gasteiger partial charge on any atom is -0.508 e. The van der Waals surface area contributed by atoms with Crippen LogP contribution in [0.5, 0.6) is 5.75 Å². The first-order valence-corrected chi connectivity index (χ1v) is 5.46. The number of aromatic amines is 1. The number of fused-ring (bicyclic) bond motifs is 1. The summed E-state index contributed by atoms with van der Waals surface area (Å²) >= 11 is 6.10. The molecular formula is C13H8ClN2O. The molecule has 0 spiro atoms. The van der Waals surface area contributed by atoms with Crippen LogP contribution in [0.3, 0.4) is 0 Å². The van der Waals surface area contributed by atoms with E-state index < -0.39 is 0 Å². The lowest BCUT2D eigenvalue weighted by Gasteiger charge is -2.02. The molecule has 1 radical (unpaired) electrons. The topological polar surface area (TPSA) is 48.9 Å². The molecule has 0 aliphatic rings. The van der Waals surface area contributed by atoms with Crippen molar-refractivity contribution >= 4 is 22.6 Å². The molecule has 17 heavy (non-hydrogen) atoms. The van der Waals surface area contributed by atoms with Gasteiger partial charge in [-0.3, -0.25) is 0 Å². The third kappa shape index (κ3) is 1.65. The fourth-order valence-electron chi connectivity index (χ4n) is 1.83. The minimum absolute atomic E-state index is 0.108. The van der Waals surface area contributed by atoms with Crippen molar-refractivity contribution in [1.29, 1.82) is 0 Å². The van der Waals surface area contributed by atoms with Crippen LogP contribution in [0.25, 0.3) is 22.2 Å². The summed E-state index contributed by atoms with van der Waals surface area (Å²) in [7, 11) is 0. The summed E-state index contributed by atoms with van der Waals surface area (Å²) in [4.78, 5) is 7.29. The van der Waals surface area contributed by atoms with Crippen molar-refractivity contribution in [2.45, 2.75) is 0 Å². The van der Waals surface area contributed by atoms with Gasteiger partial charge in [0.05, 0.1) is 5.02 Å². The van der Waals surface area contributed by atoms with Crippen LogP contribution < -0.4 is 0 Å². The van der Waals surface area contributed by atoms with Gasteiger partial charge in [-0.25, -0.2) is 4.98 Å². The Balaban J connectivity index is 2.27. The normalized spacial score (nSPS) is 10.9. The number of phenols is 1. The number of benzene rings is 1. The zero-order chi connectivity index (χ0) is 11.8. The van der Waals surface area contributed by atoms with Crippen molar-refractivity contribution in [2.75, 3.05) is 0 Å². The summed E-state index contributed by atoms with van der Waals surface area (Å²) < 4.78 is 0. The van der Waals surface area contributed by atoms with E-state index >= 15 is 0 Å². The highest BCUT2D eigenvalue weighted by molar-refractivity contribution is 6.33. The van der Waals surface area contributed by atoms with Gasteiger partial charge >= 0.3 is 0 Å². The number of hydrogen-bond acceptors (Lipinski definition) is 2. The van der Waals surface area contributed by atoms with Crippen LogP contribution in [-0.2, 0) is 0 Å². The van der Waals surface area contributed by atoms with Crippen molar-refractivity contribution in [3.63, 3.8) is 0 Å². The Morgan fingerprint density at radius 3 is 3.12 bits per heavy atom. The number of aromatic hydroxyl groups is 1. The number of pyridine rings is 1. The lowest BCUT2D eigenvalue weighted by molar-refractivity contribution is 0.475. The van der Waals surface area contributed by atoms with Crippen molar-refractivity contribution < 1.29 is 5.11 Å². The summed E-state index contributed by atoms with van der Waals surface area (Å²) in [6.45, 7) is 0. The summed E-state index contributed by atoms with van der Waals surface area (Å²) in [6, 6.07) is 9.80. The lowest BCUT2D eigenvalue weighted by atomic mass is 10.1. The first-order chi connectivity index (χ1) is 8.25. The molecule has 2 N–H and O–H groups in total. The quantitative estimate of drug-likeness (QED) is 0.688. The molecule has 0 unspecified atom stereocenters. The van der Waals surface area contributed by atoms with E-state index in [1.807, 2.05) is 18.3 Å². The molecule has 1 aromatic carbocycles. The van der Waals surface area contributed by atoms with Gasteiger partial charge in [0.1, 0.15) is 11.4 Å². The van der Waals surface area contributed by atoms with Gasteiger partial charge in [0.25, 0.3) is 0 Å². The predicted molar refractivity (Wildman–Crippen MR) is 67.0 cm³/mol. The van der Waals surface area contributed by atoms with E-state index in [1.165, 1.54) is 12.1 Å².